The Hall–Kier alpha value is -1.20. The van der Waals surface area contributed by atoms with Gasteiger partial charge in [-0.1, -0.05) is 5.16 Å². The summed E-state index contributed by atoms with van der Waals surface area (Å²) in [5, 5.41) is 8.22. The lowest BCUT2D eigenvalue weighted by atomic mass is 10.1. The molecule has 5 heteroatoms. The molecule has 0 N–H and O–H groups in total. The first-order valence-corrected chi connectivity index (χ1v) is 6.82. The summed E-state index contributed by atoms with van der Waals surface area (Å²) in [5.74, 6) is 1.44. The molecule has 0 amide bonds. The molecule has 0 bridgehead atoms. The van der Waals surface area contributed by atoms with E-state index in [4.69, 9.17) is 4.52 Å². The Kier molecular flexibility index (Phi) is 2.94. The van der Waals surface area contributed by atoms with Crippen molar-refractivity contribution in [2.24, 2.45) is 0 Å². The van der Waals surface area contributed by atoms with Gasteiger partial charge in [0.15, 0.2) is 5.82 Å². The van der Waals surface area contributed by atoms with Gasteiger partial charge in [0.25, 0.3) is 0 Å². The van der Waals surface area contributed by atoms with Crippen LogP contribution in [-0.4, -0.2) is 21.6 Å². The minimum Gasteiger partial charge on any atom is -0.338 e. The van der Waals surface area contributed by atoms with Crippen molar-refractivity contribution in [1.82, 2.24) is 15.0 Å². The van der Waals surface area contributed by atoms with Gasteiger partial charge in [0.05, 0.1) is 6.54 Å². The molecule has 0 aliphatic carbocycles. The standard InChI is InChI=1S/C12H15N3OS/c1-9-13-12(16-14-9)7-15-5-2-3-11(15)10-4-6-17-8-10/h4,6,8,11H,2-3,5,7H2,1H3/t11-/m1/s1. The van der Waals surface area contributed by atoms with E-state index >= 15 is 0 Å². The van der Waals surface area contributed by atoms with Crippen LogP contribution in [0.3, 0.4) is 0 Å². The van der Waals surface area contributed by atoms with Crippen LogP contribution in [0.4, 0.5) is 0 Å². The number of hydrogen-bond donors (Lipinski definition) is 0. The molecule has 0 unspecified atom stereocenters. The Morgan fingerprint density at radius 2 is 2.53 bits per heavy atom. The molecule has 2 aromatic heterocycles. The van der Waals surface area contributed by atoms with Gasteiger partial charge in [0, 0.05) is 6.04 Å². The molecule has 1 fully saturated rings. The van der Waals surface area contributed by atoms with E-state index in [2.05, 4.69) is 31.9 Å². The van der Waals surface area contributed by atoms with E-state index in [0.29, 0.717) is 11.9 Å². The first-order valence-electron chi connectivity index (χ1n) is 5.88. The van der Waals surface area contributed by atoms with E-state index in [0.717, 1.165) is 19.0 Å². The molecule has 3 heterocycles. The highest BCUT2D eigenvalue weighted by atomic mass is 32.1. The van der Waals surface area contributed by atoms with Gasteiger partial charge in [0.1, 0.15) is 0 Å². The van der Waals surface area contributed by atoms with E-state index in [1.807, 2.05) is 6.92 Å². The lowest BCUT2D eigenvalue weighted by molar-refractivity contribution is 0.212. The normalized spacial score (nSPS) is 21.1. The van der Waals surface area contributed by atoms with Gasteiger partial charge >= 0.3 is 0 Å². The summed E-state index contributed by atoms with van der Waals surface area (Å²) in [5.41, 5.74) is 1.42. The average Bonchev–Trinajstić information content (AvgIpc) is 3.00. The first kappa shape index (κ1) is 10.9. The van der Waals surface area contributed by atoms with Crippen molar-refractivity contribution in [2.45, 2.75) is 32.4 Å². The van der Waals surface area contributed by atoms with E-state index in [1.165, 1.54) is 18.4 Å². The van der Waals surface area contributed by atoms with Crippen molar-refractivity contribution in [1.29, 1.82) is 0 Å². The lowest BCUT2D eigenvalue weighted by Gasteiger charge is -2.21. The van der Waals surface area contributed by atoms with Crippen molar-refractivity contribution >= 4 is 11.3 Å². The highest BCUT2D eigenvalue weighted by Crippen LogP contribution is 2.33. The summed E-state index contributed by atoms with van der Waals surface area (Å²) in [7, 11) is 0. The molecule has 0 saturated carbocycles. The summed E-state index contributed by atoms with van der Waals surface area (Å²) in [6, 6.07) is 2.74. The van der Waals surface area contributed by atoms with Crippen molar-refractivity contribution in [3.05, 3.63) is 34.1 Å². The van der Waals surface area contributed by atoms with Gasteiger partial charge in [-0.2, -0.15) is 16.3 Å². The number of nitrogens with zero attached hydrogens (tertiary/aromatic N) is 3. The predicted octanol–water partition coefficient (Wildman–Crippen LogP) is 2.78. The average molecular weight is 249 g/mol. The molecular formula is C12H15N3OS. The topological polar surface area (TPSA) is 42.2 Å². The van der Waals surface area contributed by atoms with Crippen LogP contribution in [0.15, 0.2) is 21.3 Å². The summed E-state index contributed by atoms with van der Waals surface area (Å²) >= 11 is 1.76. The fourth-order valence-corrected chi connectivity index (χ4v) is 3.14. The Balaban J connectivity index is 1.74. The SMILES string of the molecule is Cc1noc(CN2CCC[C@@H]2c2ccsc2)n1. The smallest absolute Gasteiger partial charge is 0.240 e. The first-order chi connectivity index (χ1) is 8.33. The molecule has 3 rings (SSSR count). The van der Waals surface area contributed by atoms with Crippen LogP contribution < -0.4 is 0 Å². The molecule has 1 aliphatic heterocycles. The van der Waals surface area contributed by atoms with Crippen molar-refractivity contribution < 1.29 is 4.52 Å². The van der Waals surface area contributed by atoms with Crippen LogP contribution >= 0.6 is 11.3 Å². The highest BCUT2D eigenvalue weighted by Gasteiger charge is 2.27. The van der Waals surface area contributed by atoms with E-state index in [1.54, 1.807) is 11.3 Å². The zero-order valence-electron chi connectivity index (χ0n) is 9.80. The second-order valence-corrected chi connectivity index (χ2v) is 5.20. The van der Waals surface area contributed by atoms with Crippen LogP contribution in [0.1, 0.15) is 36.2 Å². The van der Waals surface area contributed by atoms with Gasteiger partial charge in [-0.15, -0.1) is 0 Å². The third-order valence-electron chi connectivity index (χ3n) is 3.20. The number of aromatic nitrogens is 2. The van der Waals surface area contributed by atoms with Crippen LogP contribution in [0.2, 0.25) is 0 Å². The molecule has 4 nitrogen and oxygen atoms in total. The molecule has 0 aromatic carbocycles. The lowest BCUT2D eigenvalue weighted by Crippen LogP contribution is -2.22. The van der Waals surface area contributed by atoms with Gasteiger partial charge in [-0.3, -0.25) is 4.90 Å². The van der Waals surface area contributed by atoms with Crippen molar-refractivity contribution in [2.75, 3.05) is 6.54 Å². The Bertz CT molecular complexity index is 480. The van der Waals surface area contributed by atoms with E-state index in [-0.39, 0.29) is 0 Å². The fourth-order valence-electron chi connectivity index (χ4n) is 2.44. The van der Waals surface area contributed by atoms with E-state index < -0.39 is 0 Å². The Morgan fingerprint density at radius 3 is 3.24 bits per heavy atom. The largest absolute Gasteiger partial charge is 0.338 e. The van der Waals surface area contributed by atoms with Crippen LogP contribution in [-0.2, 0) is 6.54 Å². The maximum absolute atomic E-state index is 5.19. The van der Waals surface area contributed by atoms with Crippen molar-refractivity contribution in [3.8, 4) is 0 Å². The van der Waals surface area contributed by atoms with Gasteiger partial charge < -0.3 is 4.52 Å². The molecule has 2 aromatic rings. The third-order valence-corrected chi connectivity index (χ3v) is 3.90. The minimum absolute atomic E-state index is 0.522. The molecule has 0 spiro atoms. The molecule has 0 radical (unpaired) electrons. The number of aryl methyl sites for hydroxylation is 1. The molecule has 90 valence electrons. The second kappa shape index (κ2) is 4.58. The van der Waals surface area contributed by atoms with Crippen LogP contribution in [0.25, 0.3) is 0 Å². The van der Waals surface area contributed by atoms with Gasteiger partial charge in [-0.05, 0) is 48.7 Å². The number of rotatable bonds is 3. The Labute approximate surface area is 104 Å². The Morgan fingerprint density at radius 1 is 1.59 bits per heavy atom. The zero-order chi connectivity index (χ0) is 11.7. The monoisotopic (exact) mass is 249 g/mol. The van der Waals surface area contributed by atoms with E-state index in [9.17, 15) is 0 Å². The number of thiophene rings is 1. The number of hydrogen-bond acceptors (Lipinski definition) is 5. The predicted molar refractivity (Wildman–Crippen MR) is 65.7 cm³/mol. The summed E-state index contributed by atoms with van der Waals surface area (Å²) in [6.07, 6.45) is 2.47. The summed E-state index contributed by atoms with van der Waals surface area (Å²) < 4.78 is 5.19. The van der Waals surface area contributed by atoms with Crippen LogP contribution in [0.5, 0.6) is 0 Å². The summed E-state index contributed by atoms with van der Waals surface area (Å²) in [6.45, 7) is 3.73. The molecular weight excluding hydrogens is 234 g/mol. The molecule has 17 heavy (non-hydrogen) atoms. The highest BCUT2D eigenvalue weighted by molar-refractivity contribution is 7.07. The third kappa shape index (κ3) is 2.25. The maximum atomic E-state index is 5.19. The number of likely N-dealkylation sites (tertiary alicyclic amines) is 1. The summed E-state index contributed by atoms with van der Waals surface area (Å²) in [4.78, 5) is 6.70. The quantitative estimate of drug-likeness (QED) is 0.839. The fraction of sp³-hybridized carbons (Fsp3) is 0.500. The van der Waals surface area contributed by atoms with Gasteiger partial charge in [0.2, 0.25) is 5.89 Å². The van der Waals surface area contributed by atoms with Crippen LogP contribution in [0, 0.1) is 6.92 Å². The molecule has 1 saturated heterocycles. The molecule has 1 aliphatic rings. The second-order valence-electron chi connectivity index (χ2n) is 4.42. The maximum Gasteiger partial charge on any atom is 0.240 e. The molecule has 1 atom stereocenters. The zero-order valence-corrected chi connectivity index (χ0v) is 10.6. The van der Waals surface area contributed by atoms with Gasteiger partial charge in [-0.25, -0.2) is 0 Å². The minimum atomic E-state index is 0.522. The van der Waals surface area contributed by atoms with Crippen molar-refractivity contribution in [3.63, 3.8) is 0 Å².